The summed E-state index contributed by atoms with van der Waals surface area (Å²) in [6, 6.07) is 5.56. The summed E-state index contributed by atoms with van der Waals surface area (Å²) in [4.78, 5) is 25.1. The molecule has 2 aromatic rings. The lowest BCUT2D eigenvalue weighted by Gasteiger charge is -1.98. The fourth-order valence-corrected chi connectivity index (χ4v) is 1.78. The first-order valence-electron chi connectivity index (χ1n) is 5.66. The summed E-state index contributed by atoms with van der Waals surface area (Å²) in [6.07, 6.45) is 5.50. The van der Waals surface area contributed by atoms with Gasteiger partial charge in [-0.05, 0) is 18.6 Å². The topological polar surface area (TPSA) is 59.2 Å². The number of benzene rings is 1. The largest absolute Gasteiger partial charge is 0.463 e. The van der Waals surface area contributed by atoms with E-state index >= 15 is 0 Å². The molecule has 0 aliphatic carbocycles. The van der Waals surface area contributed by atoms with E-state index in [1.165, 1.54) is 6.08 Å². The van der Waals surface area contributed by atoms with Crippen LogP contribution in [0.25, 0.3) is 17.0 Å². The maximum Gasteiger partial charge on any atom is 0.330 e. The maximum atomic E-state index is 11.2. The first kappa shape index (κ1) is 12.1. The van der Waals surface area contributed by atoms with Gasteiger partial charge in [-0.2, -0.15) is 0 Å². The maximum absolute atomic E-state index is 11.2. The number of hydrogen-bond donors (Lipinski definition) is 1. The monoisotopic (exact) mass is 243 g/mol. The lowest BCUT2D eigenvalue weighted by Crippen LogP contribution is -1.98. The Bertz CT molecular complexity index is 611. The van der Waals surface area contributed by atoms with Crippen LogP contribution in [0.3, 0.4) is 0 Å². The molecule has 0 fully saturated rings. The van der Waals surface area contributed by atoms with E-state index in [0.717, 1.165) is 22.8 Å². The second-order valence-electron chi connectivity index (χ2n) is 3.72. The minimum Gasteiger partial charge on any atom is -0.463 e. The van der Waals surface area contributed by atoms with E-state index in [4.69, 9.17) is 4.74 Å². The van der Waals surface area contributed by atoms with Crippen LogP contribution < -0.4 is 0 Å². The second kappa shape index (κ2) is 5.31. The summed E-state index contributed by atoms with van der Waals surface area (Å²) in [6.45, 7) is 2.11. The number of H-pyrrole nitrogens is 1. The zero-order chi connectivity index (χ0) is 13.0. The molecule has 0 bridgehead atoms. The van der Waals surface area contributed by atoms with Crippen molar-refractivity contribution in [2.75, 3.05) is 6.61 Å². The molecule has 0 saturated carbocycles. The zero-order valence-corrected chi connectivity index (χ0v) is 9.97. The van der Waals surface area contributed by atoms with Gasteiger partial charge in [0.25, 0.3) is 0 Å². The van der Waals surface area contributed by atoms with Gasteiger partial charge in [0.1, 0.15) is 0 Å². The fourth-order valence-electron chi connectivity index (χ4n) is 1.78. The zero-order valence-electron chi connectivity index (χ0n) is 9.97. The van der Waals surface area contributed by atoms with E-state index in [1.807, 2.05) is 18.2 Å². The molecule has 1 aromatic carbocycles. The first-order valence-corrected chi connectivity index (χ1v) is 5.66. The summed E-state index contributed by atoms with van der Waals surface area (Å²) in [5.74, 6) is -0.378. The number of carbonyl (C=O) groups is 2. The van der Waals surface area contributed by atoms with Gasteiger partial charge in [-0.1, -0.05) is 18.2 Å². The van der Waals surface area contributed by atoms with Gasteiger partial charge < -0.3 is 9.72 Å². The summed E-state index contributed by atoms with van der Waals surface area (Å²) in [5.41, 5.74) is 2.28. The number of fused-ring (bicyclic) bond motifs is 1. The summed E-state index contributed by atoms with van der Waals surface area (Å²) in [5, 5.41) is 0.844. The highest BCUT2D eigenvalue weighted by molar-refractivity contribution is 6.01. The van der Waals surface area contributed by atoms with Crippen LogP contribution in [0, 0.1) is 0 Å². The molecule has 1 heterocycles. The average molecular weight is 243 g/mol. The van der Waals surface area contributed by atoms with Gasteiger partial charge in [-0.15, -0.1) is 0 Å². The Kier molecular flexibility index (Phi) is 3.57. The number of ether oxygens (including phenoxy) is 1. The quantitative estimate of drug-likeness (QED) is 0.510. The first-order chi connectivity index (χ1) is 8.76. The molecular formula is C14H13NO3. The molecule has 0 spiro atoms. The number of para-hydroxylation sites is 1. The molecule has 0 saturated heterocycles. The Hall–Kier alpha value is -2.36. The van der Waals surface area contributed by atoms with Gasteiger partial charge in [-0.25, -0.2) is 4.79 Å². The number of aromatic amines is 1. The molecule has 92 valence electrons. The van der Waals surface area contributed by atoms with E-state index in [-0.39, 0.29) is 5.97 Å². The lowest BCUT2D eigenvalue weighted by atomic mass is 10.1. The van der Waals surface area contributed by atoms with Crippen LogP contribution in [-0.2, 0) is 9.53 Å². The summed E-state index contributed by atoms with van der Waals surface area (Å²) < 4.78 is 4.81. The van der Waals surface area contributed by atoms with Crippen molar-refractivity contribution in [3.8, 4) is 0 Å². The van der Waals surface area contributed by atoms with Crippen molar-refractivity contribution >= 4 is 29.2 Å². The molecule has 18 heavy (non-hydrogen) atoms. The van der Waals surface area contributed by atoms with Gasteiger partial charge in [0.15, 0.2) is 6.29 Å². The predicted molar refractivity (Wildman–Crippen MR) is 69.4 cm³/mol. The number of hydrogen-bond acceptors (Lipinski definition) is 3. The smallest absolute Gasteiger partial charge is 0.330 e. The molecule has 1 N–H and O–H groups in total. The highest BCUT2D eigenvalue weighted by Gasteiger charge is 2.05. The Morgan fingerprint density at radius 3 is 2.94 bits per heavy atom. The van der Waals surface area contributed by atoms with Gasteiger partial charge in [-0.3, -0.25) is 4.79 Å². The Morgan fingerprint density at radius 1 is 1.39 bits per heavy atom. The van der Waals surface area contributed by atoms with Crippen molar-refractivity contribution in [1.82, 2.24) is 4.98 Å². The minimum absolute atomic E-state index is 0.352. The molecule has 0 unspecified atom stereocenters. The van der Waals surface area contributed by atoms with Crippen LogP contribution in [0.4, 0.5) is 0 Å². The molecular weight excluding hydrogens is 230 g/mol. The highest BCUT2D eigenvalue weighted by Crippen LogP contribution is 2.21. The standard InChI is InChI=1S/C14H13NO3/c1-2-18-13(17)7-6-10-4-3-5-12-11(9-16)8-15-14(10)12/h3-9,15H,2H2,1H3. The Morgan fingerprint density at radius 2 is 2.22 bits per heavy atom. The summed E-state index contributed by atoms with van der Waals surface area (Å²) in [7, 11) is 0. The van der Waals surface area contributed by atoms with Crippen LogP contribution in [0.1, 0.15) is 22.8 Å². The molecule has 0 aliphatic rings. The van der Waals surface area contributed by atoms with E-state index in [1.54, 1.807) is 19.2 Å². The molecule has 1 aromatic heterocycles. The molecule has 4 nitrogen and oxygen atoms in total. The van der Waals surface area contributed by atoms with Gasteiger partial charge >= 0.3 is 5.97 Å². The molecule has 4 heteroatoms. The predicted octanol–water partition coefficient (Wildman–Crippen LogP) is 2.56. The Labute approximate surface area is 104 Å². The van der Waals surface area contributed by atoms with E-state index < -0.39 is 0 Å². The summed E-state index contributed by atoms with van der Waals surface area (Å²) >= 11 is 0. The van der Waals surface area contributed by atoms with Crippen molar-refractivity contribution in [2.24, 2.45) is 0 Å². The molecule has 0 radical (unpaired) electrons. The van der Waals surface area contributed by atoms with Gasteiger partial charge in [0.2, 0.25) is 0 Å². The number of aldehydes is 1. The fraction of sp³-hybridized carbons (Fsp3) is 0.143. The highest BCUT2D eigenvalue weighted by atomic mass is 16.5. The van der Waals surface area contributed by atoms with Crippen LogP contribution in [0.5, 0.6) is 0 Å². The van der Waals surface area contributed by atoms with E-state index in [9.17, 15) is 9.59 Å². The van der Waals surface area contributed by atoms with Crippen LogP contribution in [0.15, 0.2) is 30.5 Å². The second-order valence-corrected chi connectivity index (χ2v) is 3.72. The normalized spacial score (nSPS) is 10.9. The number of esters is 1. The third kappa shape index (κ3) is 2.32. The Balaban J connectivity index is 2.37. The molecule has 2 rings (SSSR count). The van der Waals surface area contributed by atoms with Crippen molar-refractivity contribution in [3.63, 3.8) is 0 Å². The number of nitrogens with one attached hydrogen (secondary N) is 1. The minimum atomic E-state index is -0.378. The van der Waals surface area contributed by atoms with Crippen LogP contribution >= 0.6 is 0 Å². The van der Waals surface area contributed by atoms with Crippen molar-refractivity contribution in [3.05, 3.63) is 41.6 Å². The SMILES string of the molecule is CCOC(=O)C=Cc1cccc2c(C=O)c[nH]c12. The van der Waals surface area contributed by atoms with Gasteiger partial charge in [0.05, 0.1) is 12.1 Å². The average Bonchev–Trinajstić information content (AvgIpc) is 2.80. The third-order valence-corrected chi connectivity index (χ3v) is 2.59. The van der Waals surface area contributed by atoms with Crippen LogP contribution in [0.2, 0.25) is 0 Å². The van der Waals surface area contributed by atoms with Crippen molar-refractivity contribution in [1.29, 1.82) is 0 Å². The lowest BCUT2D eigenvalue weighted by molar-refractivity contribution is -0.137. The van der Waals surface area contributed by atoms with Crippen molar-refractivity contribution < 1.29 is 14.3 Å². The van der Waals surface area contributed by atoms with Crippen molar-refractivity contribution in [2.45, 2.75) is 6.92 Å². The molecule has 0 amide bonds. The molecule has 0 aliphatic heterocycles. The third-order valence-electron chi connectivity index (χ3n) is 2.59. The van der Waals surface area contributed by atoms with E-state index in [0.29, 0.717) is 12.2 Å². The van der Waals surface area contributed by atoms with Gasteiger partial charge in [0, 0.05) is 23.2 Å². The van der Waals surface area contributed by atoms with E-state index in [2.05, 4.69) is 4.98 Å². The molecule has 0 atom stereocenters. The number of aromatic nitrogens is 1. The number of carbonyl (C=O) groups excluding carboxylic acids is 2. The van der Waals surface area contributed by atoms with Crippen LogP contribution in [-0.4, -0.2) is 23.8 Å². The number of rotatable bonds is 4.